The summed E-state index contributed by atoms with van der Waals surface area (Å²) < 4.78 is 0. The van der Waals surface area contributed by atoms with Gasteiger partial charge in [0.25, 0.3) is 5.69 Å². The van der Waals surface area contributed by atoms with Crippen molar-refractivity contribution in [3.05, 3.63) is 64.2 Å². The molecule has 0 atom stereocenters. The Hall–Kier alpha value is -2.89. The van der Waals surface area contributed by atoms with Crippen molar-refractivity contribution in [2.24, 2.45) is 0 Å². The fourth-order valence-electron chi connectivity index (χ4n) is 1.90. The van der Waals surface area contributed by atoms with Crippen LogP contribution >= 0.6 is 0 Å². The van der Waals surface area contributed by atoms with E-state index in [1.807, 2.05) is 0 Å². The minimum atomic E-state index is -0.836. The molecule has 0 unspecified atom stereocenters. The molecule has 0 aliphatic heterocycles. The van der Waals surface area contributed by atoms with E-state index in [0.29, 0.717) is 17.8 Å². The predicted molar refractivity (Wildman–Crippen MR) is 78.8 cm³/mol. The fraction of sp³-hybridized carbons (Fsp3) is 0.133. The number of benzene rings is 2. The lowest BCUT2D eigenvalue weighted by molar-refractivity contribution is -0.383. The molecule has 0 radical (unpaired) electrons. The number of nitro groups is 1. The third kappa shape index (κ3) is 4.04. The number of nitro benzene ring substituents is 1. The second-order valence-corrected chi connectivity index (χ2v) is 4.49. The van der Waals surface area contributed by atoms with Crippen LogP contribution in [0, 0.1) is 10.1 Å². The number of anilines is 2. The lowest BCUT2D eigenvalue weighted by atomic mass is 10.1. The van der Waals surface area contributed by atoms with Gasteiger partial charge in [0, 0.05) is 18.2 Å². The van der Waals surface area contributed by atoms with E-state index < -0.39 is 10.9 Å². The van der Waals surface area contributed by atoms with Crippen molar-refractivity contribution in [2.75, 3.05) is 5.32 Å². The number of rotatable bonds is 6. The largest absolute Gasteiger partial charge is 0.481 e. The van der Waals surface area contributed by atoms with E-state index in [4.69, 9.17) is 5.11 Å². The summed E-state index contributed by atoms with van der Waals surface area (Å²) in [6.45, 7) is 0. The van der Waals surface area contributed by atoms with Gasteiger partial charge in [0.15, 0.2) is 0 Å². The first kappa shape index (κ1) is 14.5. The number of aliphatic carboxylic acids is 1. The Labute approximate surface area is 121 Å². The van der Waals surface area contributed by atoms with Crippen molar-refractivity contribution in [3.8, 4) is 0 Å². The Bertz CT molecular complexity index is 653. The third-order valence-electron chi connectivity index (χ3n) is 2.96. The molecule has 0 aliphatic rings. The van der Waals surface area contributed by atoms with Gasteiger partial charge in [-0.2, -0.15) is 0 Å². The van der Waals surface area contributed by atoms with Crippen LogP contribution < -0.4 is 5.32 Å². The van der Waals surface area contributed by atoms with E-state index in [1.54, 1.807) is 42.5 Å². The highest BCUT2D eigenvalue weighted by molar-refractivity contribution is 5.69. The average molecular weight is 286 g/mol. The minimum absolute atomic E-state index is 0.00690. The smallest absolute Gasteiger partial charge is 0.303 e. The molecule has 0 bridgehead atoms. The first-order valence-electron chi connectivity index (χ1n) is 6.37. The van der Waals surface area contributed by atoms with Gasteiger partial charge in [0.05, 0.1) is 4.92 Å². The topological polar surface area (TPSA) is 92.5 Å². The van der Waals surface area contributed by atoms with Crippen molar-refractivity contribution in [1.82, 2.24) is 0 Å². The number of nitrogens with zero attached hydrogens (tertiary/aromatic N) is 1. The highest BCUT2D eigenvalue weighted by atomic mass is 16.6. The van der Waals surface area contributed by atoms with Crippen LogP contribution in [0.25, 0.3) is 0 Å². The van der Waals surface area contributed by atoms with Gasteiger partial charge >= 0.3 is 5.97 Å². The molecule has 0 amide bonds. The van der Waals surface area contributed by atoms with Crippen molar-refractivity contribution < 1.29 is 14.8 Å². The molecule has 2 aromatic carbocycles. The zero-order valence-electron chi connectivity index (χ0n) is 11.2. The highest BCUT2D eigenvalue weighted by Gasteiger charge is 2.12. The summed E-state index contributed by atoms with van der Waals surface area (Å²) in [5.74, 6) is -0.836. The Morgan fingerprint density at radius 2 is 1.81 bits per heavy atom. The van der Waals surface area contributed by atoms with Gasteiger partial charge in [-0.05, 0) is 30.2 Å². The van der Waals surface area contributed by atoms with E-state index in [-0.39, 0.29) is 12.1 Å². The molecule has 0 fully saturated rings. The molecule has 21 heavy (non-hydrogen) atoms. The second-order valence-electron chi connectivity index (χ2n) is 4.49. The summed E-state index contributed by atoms with van der Waals surface area (Å²) in [7, 11) is 0. The van der Waals surface area contributed by atoms with Crippen molar-refractivity contribution >= 4 is 23.0 Å². The fourth-order valence-corrected chi connectivity index (χ4v) is 1.90. The van der Waals surface area contributed by atoms with Gasteiger partial charge in [-0.3, -0.25) is 14.9 Å². The van der Waals surface area contributed by atoms with Gasteiger partial charge in [0.2, 0.25) is 0 Å². The van der Waals surface area contributed by atoms with Crippen LogP contribution in [0.1, 0.15) is 12.0 Å². The van der Waals surface area contributed by atoms with Gasteiger partial charge in [-0.1, -0.05) is 24.3 Å². The van der Waals surface area contributed by atoms with Crippen LogP contribution in [0.2, 0.25) is 0 Å². The van der Waals surface area contributed by atoms with Crippen LogP contribution in [0.4, 0.5) is 17.1 Å². The zero-order valence-corrected chi connectivity index (χ0v) is 11.2. The zero-order chi connectivity index (χ0) is 15.2. The Balaban J connectivity index is 2.10. The molecule has 2 N–H and O–H groups in total. The standard InChI is InChI=1S/C15H14N2O4/c18-15(19)10-7-11-5-8-12(9-6-11)16-13-3-1-2-4-14(13)17(20)21/h1-6,8-9,16H,7,10H2,(H,18,19). The molecule has 108 valence electrons. The van der Waals surface area contributed by atoms with Crippen LogP contribution in [0.15, 0.2) is 48.5 Å². The number of hydrogen-bond acceptors (Lipinski definition) is 4. The summed E-state index contributed by atoms with van der Waals surface area (Å²) in [5.41, 5.74) is 2.04. The molecule has 6 heteroatoms. The molecular weight excluding hydrogens is 272 g/mol. The second kappa shape index (κ2) is 6.51. The molecule has 0 spiro atoms. The quantitative estimate of drug-likeness (QED) is 0.627. The van der Waals surface area contributed by atoms with E-state index in [9.17, 15) is 14.9 Å². The Morgan fingerprint density at radius 3 is 2.43 bits per heavy atom. The first-order chi connectivity index (χ1) is 10.1. The predicted octanol–water partition coefficient (Wildman–Crippen LogP) is 3.36. The number of para-hydroxylation sites is 2. The SMILES string of the molecule is O=C(O)CCc1ccc(Nc2ccccc2[N+](=O)[O-])cc1. The monoisotopic (exact) mass is 286 g/mol. The molecule has 2 rings (SSSR count). The van der Waals surface area contributed by atoms with Gasteiger partial charge < -0.3 is 10.4 Å². The molecule has 0 aromatic heterocycles. The van der Waals surface area contributed by atoms with E-state index in [2.05, 4.69) is 5.32 Å². The van der Waals surface area contributed by atoms with Gasteiger partial charge in [-0.15, -0.1) is 0 Å². The van der Waals surface area contributed by atoms with Crippen molar-refractivity contribution in [1.29, 1.82) is 0 Å². The Kier molecular flexibility index (Phi) is 4.50. The van der Waals surface area contributed by atoms with Crippen LogP contribution in [-0.4, -0.2) is 16.0 Å². The van der Waals surface area contributed by atoms with Gasteiger partial charge in [-0.25, -0.2) is 0 Å². The average Bonchev–Trinajstić information content (AvgIpc) is 2.47. The van der Waals surface area contributed by atoms with Crippen LogP contribution in [0.3, 0.4) is 0 Å². The number of carboxylic acid groups (broad SMARTS) is 1. The van der Waals surface area contributed by atoms with E-state index >= 15 is 0 Å². The number of hydrogen-bond donors (Lipinski definition) is 2. The Morgan fingerprint density at radius 1 is 1.14 bits per heavy atom. The number of carboxylic acids is 1. The molecule has 6 nitrogen and oxygen atoms in total. The maximum absolute atomic E-state index is 10.9. The van der Waals surface area contributed by atoms with E-state index in [1.165, 1.54) is 6.07 Å². The summed E-state index contributed by atoms with van der Waals surface area (Å²) in [6, 6.07) is 13.6. The number of aryl methyl sites for hydroxylation is 1. The van der Waals surface area contributed by atoms with E-state index in [0.717, 1.165) is 5.56 Å². The maximum atomic E-state index is 10.9. The third-order valence-corrected chi connectivity index (χ3v) is 2.96. The molecular formula is C15H14N2O4. The lowest BCUT2D eigenvalue weighted by Gasteiger charge is -2.07. The number of nitrogens with one attached hydrogen (secondary N) is 1. The minimum Gasteiger partial charge on any atom is -0.481 e. The van der Waals surface area contributed by atoms with Crippen LogP contribution in [-0.2, 0) is 11.2 Å². The highest BCUT2D eigenvalue weighted by Crippen LogP contribution is 2.27. The molecule has 0 heterocycles. The summed E-state index contributed by atoms with van der Waals surface area (Å²) in [4.78, 5) is 21.0. The molecule has 0 saturated carbocycles. The maximum Gasteiger partial charge on any atom is 0.303 e. The summed E-state index contributed by atoms with van der Waals surface area (Å²) in [5, 5.41) is 22.5. The molecule has 0 aliphatic carbocycles. The van der Waals surface area contributed by atoms with Crippen molar-refractivity contribution in [3.63, 3.8) is 0 Å². The number of carbonyl (C=O) groups is 1. The van der Waals surface area contributed by atoms with Crippen LogP contribution in [0.5, 0.6) is 0 Å². The molecule has 2 aromatic rings. The molecule has 0 saturated heterocycles. The lowest BCUT2D eigenvalue weighted by Crippen LogP contribution is -1.98. The summed E-state index contributed by atoms with van der Waals surface area (Å²) >= 11 is 0. The summed E-state index contributed by atoms with van der Waals surface area (Å²) in [6.07, 6.45) is 0.540. The van der Waals surface area contributed by atoms with Crippen molar-refractivity contribution in [2.45, 2.75) is 12.8 Å². The normalized spacial score (nSPS) is 10.1. The first-order valence-corrected chi connectivity index (χ1v) is 6.37. The van der Waals surface area contributed by atoms with Gasteiger partial charge in [0.1, 0.15) is 5.69 Å².